The number of nitrogens with zero attached hydrogens (tertiary/aromatic N) is 4. The number of nitrogens with two attached hydrogens (primary N) is 1. The number of benzene rings is 1. The van der Waals surface area contributed by atoms with Crippen LogP contribution in [0.3, 0.4) is 0 Å². The Morgan fingerprint density at radius 1 is 0.963 bits per heavy atom. The minimum atomic E-state index is -0.668. The first-order chi connectivity index (χ1) is 12.9. The molecule has 0 atom stereocenters. The monoisotopic (exact) mass is 353 g/mol. The van der Waals surface area contributed by atoms with Gasteiger partial charge in [-0.25, -0.2) is 4.98 Å². The summed E-state index contributed by atoms with van der Waals surface area (Å²) in [4.78, 5) is 8.49. The zero-order chi connectivity index (χ0) is 19.6. The predicted molar refractivity (Wildman–Crippen MR) is 105 cm³/mol. The first kappa shape index (κ1) is 18.1. The molecule has 0 saturated heterocycles. The van der Waals surface area contributed by atoms with E-state index in [-0.39, 0.29) is 0 Å². The molecule has 132 valence electrons. The van der Waals surface area contributed by atoms with Gasteiger partial charge in [0.25, 0.3) is 0 Å². The van der Waals surface area contributed by atoms with E-state index >= 15 is 0 Å². The lowest BCUT2D eigenvalue weighted by molar-refractivity contribution is 0.660. The zero-order valence-electron chi connectivity index (χ0n) is 15.5. The summed E-state index contributed by atoms with van der Waals surface area (Å²) >= 11 is 0. The predicted octanol–water partition coefficient (Wildman–Crippen LogP) is 4.37. The molecule has 3 aromatic rings. The number of anilines is 1. The molecule has 0 bridgehead atoms. The highest BCUT2D eigenvalue weighted by Crippen LogP contribution is 2.33. The molecule has 0 aliphatic heterocycles. The molecule has 2 N–H and O–H groups in total. The normalized spacial score (nSPS) is 10.9. The number of pyridine rings is 2. The van der Waals surface area contributed by atoms with Crippen LogP contribution < -0.4 is 5.73 Å². The Morgan fingerprint density at radius 2 is 1.70 bits per heavy atom. The molecule has 2 aromatic heterocycles. The molecule has 27 heavy (non-hydrogen) atoms. The number of rotatable bonds is 3. The van der Waals surface area contributed by atoms with E-state index in [9.17, 15) is 5.26 Å². The largest absolute Gasteiger partial charge is 0.383 e. The van der Waals surface area contributed by atoms with Gasteiger partial charge >= 0.3 is 0 Å². The van der Waals surface area contributed by atoms with Gasteiger partial charge in [0.05, 0.1) is 22.7 Å². The first-order valence-electron chi connectivity index (χ1n) is 8.50. The molecule has 0 radical (unpaired) electrons. The number of hydrogen-bond acceptors (Lipinski definition) is 5. The smallest absolute Gasteiger partial charge is 0.131 e. The zero-order valence-corrected chi connectivity index (χ0v) is 15.5. The molecule has 0 unspecified atom stereocenters. The molecule has 0 aliphatic rings. The van der Waals surface area contributed by atoms with Crippen molar-refractivity contribution < 1.29 is 0 Å². The van der Waals surface area contributed by atoms with E-state index in [1.807, 2.05) is 51.1 Å². The molecule has 0 aliphatic carbocycles. The van der Waals surface area contributed by atoms with E-state index in [0.29, 0.717) is 11.4 Å². The number of nitrogen functional groups attached to an aromatic ring is 1. The molecule has 0 saturated carbocycles. The SMILES string of the molecule is Cc1ccc(-c2ccnc(C(C)(C)C#N)c2)cc1-c1cc(C#N)cnc1N. The van der Waals surface area contributed by atoms with Crippen LogP contribution in [0.4, 0.5) is 5.82 Å². The fraction of sp³-hybridized carbons (Fsp3) is 0.182. The number of aryl methyl sites for hydroxylation is 1. The van der Waals surface area contributed by atoms with Crippen molar-refractivity contribution in [2.45, 2.75) is 26.2 Å². The van der Waals surface area contributed by atoms with E-state index in [1.165, 1.54) is 6.20 Å². The van der Waals surface area contributed by atoms with Gasteiger partial charge in [-0.2, -0.15) is 10.5 Å². The summed E-state index contributed by atoms with van der Waals surface area (Å²) in [5.41, 5.74) is 11.2. The molecular formula is C22H19N5. The topological polar surface area (TPSA) is 99.4 Å². The summed E-state index contributed by atoms with van der Waals surface area (Å²) in [6.45, 7) is 5.69. The number of hydrogen-bond donors (Lipinski definition) is 1. The highest BCUT2D eigenvalue weighted by Gasteiger charge is 2.22. The van der Waals surface area contributed by atoms with Gasteiger partial charge in [-0.15, -0.1) is 0 Å². The third kappa shape index (κ3) is 3.49. The van der Waals surface area contributed by atoms with Crippen LogP contribution in [-0.2, 0) is 5.41 Å². The van der Waals surface area contributed by atoms with Crippen LogP contribution in [0.5, 0.6) is 0 Å². The summed E-state index contributed by atoms with van der Waals surface area (Å²) < 4.78 is 0. The van der Waals surface area contributed by atoms with E-state index in [1.54, 1.807) is 12.3 Å². The molecule has 0 fully saturated rings. The minimum Gasteiger partial charge on any atom is -0.383 e. The van der Waals surface area contributed by atoms with E-state index in [4.69, 9.17) is 11.0 Å². The van der Waals surface area contributed by atoms with Crippen molar-refractivity contribution >= 4 is 5.82 Å². The van der Waals surface area contributed by atoms with Crippen LogP contribution in [0.2, 0.25) is 0 Å². The Labute approximate surface area is 158 Å². The molecule has 0 amide bonds. The van der Waals surface area contributed by atoms with Crippen LogP contribution in [0.1, 0.15) is 30.7 Å². The van der Waals surface area contributed by atoms with Crippen molar-refractivity contribution in [3.05, 3.63) is 65.6 Å². The first-order valence-corrected chi connectivity index (χ1v) is 8.50. The Kier molecular flexibility index (Phi) is 4.62. The maximum atomic E-state index is 9.38. The maximum absolute atomic E-state index is 9.38. The number of aromatic nitrogens is 2. The summed E-state index contributed by atoms with van der Waals surface area (Å²) in [6.07, 6.45) is 3.19. The van der Waals surface area contributed by atoms with Gasteiger partial charge in [0, 0.05) is 18.0 Å². The molecule has 3 rings (SSSR count). The van der Waals surface area contributed by atoms with Crippen LogP contribution in [0, 0.1) is 29.6 Å². The quantitative estimate of drug-likeness (QED) is 0.753. The van der Waals surface area contributed by atoms with Crippen LogP contribution >= 0.6 is 0 Å². The molecule has 0 spiro atoms. The third-order valence-electron chi connectivity index (χ3n) is 4.59. The minimum absolute atomic E-state index is 0.385. The second-order valence-electron chi connectivity index (χ2n) is 6.96. The van der Waals surface area contributed by atoms with Gasteiger partial charge in [0.2, 0.25) is 0 Å². The Morgan fingerprint density at radius 3 is 2.41 bits per heavy atom. The Bertz CT molecular complexity index is 1100. The summed E-state index contributed by atoms with van der Waals surface area (Å²) in [7, 11) is 0. The van der Waals surface area contributed by atoms with Gasteiger partial charge in [0.1, 0.15) is 11.9 Å². The lowest BCUT2D eigenvalue weighted by Gasteiger charge is -2.16. The highest BCUT2D eigenvalue weighted by atomic mass is 14.8. The van der Waals surface area contributed by atoms with Gasteiger partial charge < -0.3 is 5.73 Å². The van der Waals surface area contributed by atoms with Crippen molar-refractivity contribution in [3.63, 3.8) is 0 Å². The molecule has 5 heteroatoms. The Hall–Kier alpha value is -3.70. The fourth-order valence-electron chi connectivity index (χ4n) is 2.85. The average Bonchev–Trinajstić information content (AvgIpc) is 2.69. The second-order valence-corrected chi connectivity index (χ2v) is 6.96. The standard InChI is InChI=1S/C22H19N5/c1-14-4-5-16(17-6-7-26-20(10-17)22(2,3)13-24)9-18(14)19-8-15(11-23)12-27-21(19)25/h4-10,12H,1-3H3,(H2,25,27). The van der Waals surface area contributed by atoms with Crippen molar-refractivity contribution in [2.75, 3.05) is 5.73 Å². The van der Waals surface area contributed by atoms with Crippen molar-refractivity contribution in [1.29, 1.82) is 10.5 Å². The highest BCUT2D eigenvalue weighted by molar-refractivity contribution is 5.81. The van der Waals surface area contributed by atoms with E-state index in [0.717, 1.165) is 33.5 Å². The maximum Gasteiger partial charge on any atom is 0.131 e. The van der Waals surface area contributed by atoms with Crippen LogP contribution in [0.25, 0.3) is 22.3 Å². The van der Waals surface area contributed by atoms with Gasteiger partial charge in [-0.1, -0.05) is 12.1 Å². The van der Waals surface area contributed by atoms with E-state index in [2.05, 4.69) is 22.1 Å². The number of nitriles is 2. The fourth-order valence-corrected chi connectivity index (χ4v) is 2.85. The summed E-state index contributed by atoms with van der Waals surface area (Å²) in [6, 6.07) is 16.1. The van der Waals surface area contributed by atoms with Gasteiger partial charge in [0.15, 0.2) is 0 Å². The Balaban J connectivity index is 2.14. The molecular weight excluding hydrogens is 334 g/mol. The van der Waals surface area contributed by atoms with Crippen LogP contribution in [0.15, 0.2) is 48.8 Å². The molecule has 1 aromatic carbocycles. The average molecular weight is 353 g/mol. The van der Waals surface area contributed by atoms with Gasteiger partial charge in [-0.05, 0) is 67.3 Å². The lowest BCUT2D eigenvalue weighted by Crippen LogP contribution is -2.15. The van der Waals surface area contributed by atoms with Crippen molar-refractivity contribution in [2.24, 2.45) is 0 Å². The summed E-state index contributed by atoms with van der Waals surface area (Å²) in [5, 5.41) is 18.5. The summed E-state index contributed by atoms with van der Waals surface area (Å²) in [5.74, 6) is 0.385. The molecule has 2 heterocycles. The van der Waals surface area contributed by atoms with E-state index < -0.39 is 5.41 Å². The lowest BCUT2D eigenvalue weighted by atomic mass is 9.88. The van der Waals surface area contributed by atoms with Crippen LogP contribution in [-0.4, -0.2) is 9.97 Å². The van der Waals surface area contributed by atoms with Crippen molar-refractivity contribution in [3.8, 4) is 34.4 Å². The third-order valence-corrected chi connectivity index (χ3v) is 4.59. The molecule has 5 nitrogen and oxygen atoms in total. The second kappa shape index (κ2) is 6.90. The van der Waals surface area contributed by atoms with Gasteiger partial charge in [-0.3, -0.25) is 4.98 Å². The van der Waals surface area contributed by atoms with Crippen molar-refractivity contribution in [1.82, 2.24) is 9.97 Å².